The number of rotatable bonds is 4. The smallest absolute Gasteiger partial charge is 0.387 e. The second-order valence-electron chi connectivity index (χ2n) is 2.68. The average Bonchev–Trinajstić information content (AvgIpc) is 2.10. The molecule has 0 radical (unpaired) electrons. The lowest BCUT2D eigenvalue weighted by atomic mass is 10.1. The van der Waals surface area contributed by atoms with Crippen molar-refractivity contribution in [3.8, 4) is 5.75 Å². The lowest BCUT2D eigenvalue weighted by molar-refractivity contribution is -0.136. The van der Waals surface area contributed by atoms with Gasteiger partial charge in [-0.15, -0.1) is 0 Å². The molecule has 3 nitrogen and oxygen atoms in total. The zero-order chi connectivity index (χ0) is 11.4. The molecule has 0 aliphatic heterocycles. The molecule has 82 valence electrons. The van der Waals surface area contributed by atoms with Crippen molar-refractivity contribution in [1.82, 2.24) is 0 Å². The quantitative estimate of drug-likeness (QED) is 0.844. The zero-order valence-corrected chi connectivity index (χ0v) is 7.41. The number of carboxylic acid groups (broad SMARTS) is 1. The molecule has 0 amide bonds. The molecule has 0 aliphatic rings. The van der Waals surface area contributed by atoms with E-state index in [1.165, 1.54) is 12.1 Å². The molecular weight excluding hydrogens is 213 g/mol. The minimum atomic E-state index is -3.14. The van der Waals surface area contributed by atoms with Crippen LogP contribution in [-0.4, -0.2) is 17.7 Å². The normalized spacial score (nSPS) is 10.4. The molecule has 0 unspecified atom stereocenters. The third-order valence-corrected chi connectivity index (χ3v) is 1.60. The van der Waals surface area contributed by atoms with E-state index in [1.807, 2.05) is 0 Å². The molecule has 0 spiro atoms. The summed E-state index contributed by atoms with van der Waals surface area (Å²) in [6.07, 6.45) is -0.577. The van der Waals surface area contributed by atoms with Crippen LogP contribution in [0.5, 0.6) is 5.75 Å². The van der Waals surface area contributed by atoms with Crippen LogP contribution in [-0.2, 0) is 11.2 Å². The molecule has 0 heterocycles. The maximum absolute atomic E-state index is 13.3. The van der Waals surface area contributed by atoms with Gasteiger partial charge in [0.15, 0.2) is 11.6 Å². The summed E-state index contributed by atoms with van der Waals surface area (Å²) in [6.45, 7) is -3.14. The summed E-state index contributed by atoms with van der Waals surface area (Å²) in [7, 11) is 0. The second-order valence-corrected chi connectivity index (χ2v) is 2.68. The van der Waals surface area contributed by atoms with Crippen LogP contribution in [0.2, 0.25) is 0 Å². The molecule has 0 atom stereocenters. The molecule has 1 N–H and O–H groups in total. The molecule has 1 rings (SSSR count). The van der Waals surface area contributed by atoms with Crippen LogP contribution in [0.3, 0.4) is 0 Å². The number of hydrogen-bond donors (Lipinski definition) is 1. The topological polar surface area (TPSA) is 46.5 Å². The van der Waals surface area contributed by atoms with Crippen molar-refractivity contribution in [1.29, 1.82) is 0 Å². The third-order valence-electron chi connectivity index (χ3n) is 1.60. The van der Waals surface area contributed by atoms with Gasteiger partial charge in [0, 0.05) is 5.56 Å². The number of halogens is 3. The van der Waals surface area contributed by atoms with E-state index >= 15 is 0 Å². The van der Waals surface area contributed by atoms with Gasteiger partial charge in [0.1, 0.15) is 0 Å². The van der Waals surface area contributed by atoms with Gasteiger partial charge in [0.2, 0.25) is 0 Å². The molecule has 1 aromatic carbocycles. The van der Waals surface area contributed by atoms with Crippen LogP contribution < -0.4 is 4.74 Å². The molecule has 0 aromatic heterocycles. The summed E-state index contributed by atoms with van der Waals surface area (Å²) < 4.78 is 40.7. The van der Waals surface area contributed by atoms with Crippen LogP contribution in [0.1, 0.15) is 5.56 Å². The van der Waals surface area contributed by atoms with E-state index in [1.54, 1.807) is 0 Å². The predicted molar refractivity (Wildman–Crippen MR) is 44.4 cm³/mol. The van der Waals surface area contributed by atoms with Gasteiger partial charge in [-0.25, -0.2) is 4.39 Å². The fourth-order valence-corrected chi connectivity index (χ4v) is 1.04. The van der Waals surface area contributed by atoms with Gasteiger partial charge < -0.3 is 9.84 Å². The molecule has 0 bridgehead atoms. The Labute approximate surface area is 83.1 Å². The van der Waals surface area contributed by atoms with E-state index in [0.29, 0.717) is 0 Å². The van der Waals surface area contributed by atoms with Crippen LogP contribution in [0.4, 0.5) is 13.2 Å². The summed E-state index contributed by atoms with van der Waals surface area (Å²) >= 11 is 0. The minimum absolute atomic E-state index is 0.194. The molecule has 0 saturated carbocycles. The predicted octanol–water partition coefficient (Wildman–Crippen LogP) is 2.05. The number of ether oxygens (including phenoxy) is 1. The number of carboxylic acids is 1. The molecule has 1 aromatic rings. The largest absolute Gasteiger partial charge is 0.481 e. The number of carbonyl (C=O) groups is 1. The van der Waals surface area contributed by atoms with Crippen LogP contribution in [0.15, 0.2) is 18.2 Å². The maximum atomic E-state index is 13.3. The van der Waals surface area contributed by atoms with Gasteiger partial charge in [-0.2, -0.15) is 8.78 Å². The summed E-state index contributed by atoms with van der Waals surface area (Å²) in [6, 6.07) is 3.45. The molecule has 15 heavy (non-hydrogen) atoms. The highest BCUT2D eigenvalue weighted by Gasteiger charge is 2.14. The highest BCUT2D eigenvalue weighted by molar-refractivity contribution is 5.70. The number of alkyl halides is 2. The van der Waals surface area contributed by atoms with Crippen LogP contribution >= 0.6 is 0 Å². The summed E-state index contributed by atoms with van der Waals surface area (Å²) in [5.41, 5.74) is -0.194. The molecule has 0 fully saturated rings. The van der Waals surface area contributed by atoms with E-state index in [4.69, 9.17) is 5.11 Å². The Morgan fingerprint density at radius 2 is 2.13 bits per heavy atom. The first-order valence-corrected chi connectivity index (χ1v) is 3.94. The number of aliphatic carboxylic acids is 1. The Hall–Kier alpha value is -1.72. The average molecular weight is 220 g/mol. The Kier molecular flexibility index (Phi) is 3.54. The summed E-state index contributed by atoms with van der Waals surface area (Å²) in [5.74, 6) is -2.97. The van der Waals surface area contributed by atoms with Crippen molar-refractivity contribution in [3.05, 3.63) is 29.6 Å². The van der Waals surface area contributed by atoms with Crippen molar-refractivity contribution >= 4 is 5.97 Å². The summed E-state index contributed by atoms with van der Waals surface area (Å²) in [4.78, 5) is 10.3. The van der Waals surface area contributed by atoms with Crippen molar-refractivity contribution < 1.29 is 27.8 Å². The monoisotopic (exact) mass is 220 g/mol. The first-order chi connectivity index (χ1) is 7.00. The van der Waals surface area contributed by atoms with E-state index in [2.05, 4.69) is 4.74 Å². The Morgan fingerprint density at radius 1 is 1.47 bits per heavy atom. The lowest BCUT2D eigenvalue weighted by Gasteiger charge is -2.07. The first kappa shape index (κ1) is 11.4. The molecule has 0 aliphatic carbocycles. The molecule has 0 saturated heterocycles. The van der Waals surface area contributed by atoms with Gasteiger partial charge in [-0.1, -0.05) is 12.1 Å². The van der Waals surface area contributed by atoms with Crippen molar-refractivity contribution in [2.45, 2.75) is 13.0 Å². The van der Waals surface area contributed by atoms with Crippen LogP contribution in [0.25, 0.3) is 0 Å². The standard InChI is InChI=1S/C9H7F3O3/c10-8-5(4-7(13)14)2-1-3-6(8)15-9(11)12/h1-3,9H,4H2,(H,13,14). The number of hydrogen-bond acceptors (Lipinski definition) is 2. The Bertz CT molecular complexity index is 366. The minimum Gasteiger partial charge on any atom is -0.481 e. The lowest BCUT2D eigenvalue weighted by Crippen LogP contribution is -2.07. The molecular formula is C9H7F3O3. The second kappa shape index (κ2) is 4.68. The Morgan fingerprint density at radius 3 is 2.67 bits per heavy atom. The fourth-order valence-electron chi connectivity index (χ4n) is 1.04. The molecule has 6 heteroatoms. The first-order valence-electron chi connectivity index (χ1n) is 3.94. The van der Waals surface area contributed by atoms with Gasteiger partial charge in [-0.3, -0.25) is 4.79 Å². The van der Waals surface area contributed by atoms with E-state index in [0.717, 1.165) is 6.07 Å². The van der Waals surface area contributed by atoms with Crippen LogP contribution in [0, 0.1) is 5.82 Å². The summed E-state index contributed by atoms with van der Waals surface area (Å²) in [5, 5.41) is 8.41. The fraction of sp³-hybridized carbons (Fsp3) is 0.222. The maximum Gasteiger partial charge on any atom is 0.387 e. The van der Waals surface area contributed by atoms with Gasteiger partial charge >= 0.3 is 12.6 Å². The third kappa shape index (κ3) is 3.16. The highest BCUT2D eigenvalue weighted by Crippen LogP contribution is 2.22. The van der Waals surface area contributed by atoms with Gasteiger partial charge in [0.25, 0.3) is 0 Å². The van der Waals surface area contributed by atoms with E-state index in [9.17, 15) is 18.0 Å². The van der Waals surface area contributed by atoms with Crippen molar-refractivity contribution in [3.63, 3.8) is 0 Å². The van der Waals surface area contributed by atoms with Crippen molar-refractivity contribution in [2.75, 3.05) is 0 Å². The van der Waals surface area contributed by atoms with Crippen molar-refractivity contribution in [2.24, 2.45) is 0 Å². The van der Waals surface area contributed by atoms with E-state index < -0.39 is 30.6 Å². The SMILES string of the molecule is O=C(O)Cc1cccc(OC(F)F)c1F. The van der Waals surface area contributed by atoms with E-state index in [-0.39, 0.29) is 5.56 Å². The number of benzene rings is 1. The Balaban J connectivity index is 2.95. The van der Waals surface area contributed by atoms with Gasteiger partial charge in [-0.05, 0) is 6.07 Å². The highest BCUT2D eigenvalue weighted by atomic mass is 19.3. The van der Waals surface area contributed by atoms with Gasteiger partial charge in [0.05, 0.1) is 6.42 Å². The zero-order valence-electron chi connectivity index (χ0n) is 7.41.